The number of furan rings is 1. The molecule has 3 heterocycles. The van der Waals surface area contributed by atoms with E-state index >= 15 is 0 Å². The minimum atomic E-state index is 0.325. The van der Waals surface area contributed by atoms with Gasteiger partial charge in [-0.05, 0) is 36.4 Å². The number of para-hydroxylation sites is 2. The van der Waals surface area contributed by atoms with Crippen LogP contribution in [-0.2, 0) is 0 Å². The quantitative estimate of drug-likeness (QED) is 0.184. The van der Waals surface area contributed by atoms with Gasteiger partial charge in [-0.2, -0.15) is 5.26 Å². The Balaban J connectivity index is 1.31. The number of fused-ring (bicyclic) bond motifs is 6. The number of nitriles is 1. The number of hydrogen-bond acceptors (Lipinski definition) is 5. The zero-order valence-corrected chi connectivity index (χ0v) is 25.3. The zero-order valence-electron chi connectivity index (χ0n) is 25.3. The molecule has 9 rings (SSSR count). The molecule has 3 aromatic heterocycles. The Morgan fingerprint density at radius 1 is 0.583 bits per heavy atom. The molecule has 0 atom stereocenters. The summed E-state index contributed by atoms with van der Waals surface area (Å²) in [4.78, 5) is 18.4. The maximum atomic E-state index is 10.6. The zero-order chi connectivity index (χ0) is 32.2. The topological polar surface area (TPSA) is 84.9 Å². The van der Waals surface area contributed by atoms with Crippen LogP contribution in [0.1, 0.15) is 5.56 Å². The third kappa shape index (κ3) is 4.23. The maximum Gasteiger partial charge on any atom is 0.200 e. The number of benzene rings is 6. The first-order chi connectivity index (χ1) is 23.7. The lowest BCUT2D eigenvalue weighted by atomic mass is 10.0. The average Bonchev–Trinajstić information content (AvgIpc) is 3.68. The van der Waals surface area contributed by atoms with Gasteiger partial charge in [0.1, 0.15) is 17.2 Å². The van der Waals surface area contributed by atoms with Crippen molar-refractivity contribution in [3.8, 4) is 45.9 Å². The van der Waals surface area contributed by atoms with Crippen LogP contribution in [0.3, 0.4) is 0 Å². The maximum absolute atomic E-state index is 10.6. The first-order valence-electron chi connectivity index (χ1n) is 15.4. The van der Waals surface area contributed by atoms with Crippen molar-refractivity contribution in [2.75, 3.05) is 0 Å². The highest BCUT2D eigenvalue weighted by molar-refractivity contribution is 6.17. The molecule has 0 bridgehead atoms. The summed E-state index contributed by atoms with van der Waals surface area (Å²) in [6.07, 6.45) is 0. The van der Waals surface area contributed by atoms with Gasteiger partial charge in [0.15, 0.2) is 23.2 Å². The van der Waals surface area contributed by atoms with Crippen molar-refractivity contribution >= 4 is 49.4 Å². The van der Waals surface area contributed by atoms with Crippen molar-refractivity contribution in [3.05, 3.63) is 150 Å². The third-order valence-corrected chi connectivity index (χ3v) is 8.71. The van der Waals surface area contributed by atoms with Crippen LogP contribution in [0, 0.1) is 17.9 Å². The molecule has 0 saturated heterocycles. The van der Waals surface area contributed by atoms with Gasteiger partial charge in [0.2, 0.25) is 0 Å². The van der Waals surface area contributed by atoms with Gasteiger partial charge in [-0.1, -0.05) is 97.1 Å². The first-order valence-corrected chi connectivity index (χ1v) is 15.4. The lowest BCUT2D eigenvalue weighted by Crippen LogP contribution is -2.02. The fourth-order valence-electron chi connectivity index (χ4n) is 6.50. The molecule has 0 radical (unpaired) electrons. The van der Waals surface area contributed by atoms with Gasteiger partial charge >= 0.3 is 0 Å². The molecule has 6 aromatic carbocycles. The second-order valence-corrected chi connectivity index (χ2v) is 11.5. The number of rotatable bonds is 4. The molecule has 9 aromatic rings. The number of hydrogen-bond donors (Lipinski definition) is 0. The molecule has 0 aliphatic carbocycles. The predicted molar refractivity (Wildman–Crippen MR) is 189 cm³/mol. The van der Waals surface area contributed by atoms with E-state index in [1.54, 1.807) is 12.1 Å². The lowest BCUT2D eigenvalue weighted by Gasteiger charge is -2.14. The first kappa shape index (κ1) is 27.2. The van der Waals surface area contributed by atoms with E-state index in [9.17, 15) is 5.26 Å². The molecule has 0 spiro atoms. The van der Waals surface area contributed by atoms with Crippen LogP contribution in [0.2, 0.25) is 0 Å². The van der Waals surface area contributed by atoms with E-state index < -0.39 is 0 Å². The molecule has 0 aliphatic rings. The summed E-state index contributed by atoms with van der Waals surface area (Å²) in [6, 6.07) is 45.5. The van der Waals surface area contributed by atoms with Crippen LogP contribution in [-0.4, -0.2) is 19.5 Å². The van der Waals surface area contributed by atoms with Crippen molar-refractivity contribution in [2.45, 2.75) is 0 Å². The van der Waals surface area contributed by atoms with Gasteiger partial charge in [-0.3, -0.25) is 0 Å². The van der Waals surface area contributed by atoms with Crippen molar-refractivity contribution in [1.82, 2.24) is 19.5 Å². The summed E-state index contributed by atoms with van der Waals surface area (Å²) in [7, 11) is 0. The van der Waals surface area contributed by atoms with E-state index in [1.807, 2.05) is 97.1 Å². The van der Waals surface area contributed by atoms with Crippen LogP contribution in [0.15, 0.2) is 138 Å². The molecule has 0 saturated carbocycles. The Morgan fingerprint density at radius 3 is 1.90 bits per heavy atom. The summed E-state index contributed by atoms with van der Waals surface area (Å²) in [5.41, 5.74) is 6.87. The molecule has 7 nitrogen and oxygen atoms in total. The fourth-order valence-corrected chi connectivity index (χ4v) is 6.50. The van der Waals surface area contributed by atoms with Gasteiger partial charge in [0.05, 0.1) is 28.9 Å². The molecule has 0 unspecified atom stereocenters. The highest BCUT2D eigenvalue weighted by Gasteiger charge is 2.22. The molecular formula is C41H22N6O. The van der Waals surface area contributed by atoms with E-state index in [0.717, 1.165) is 54.9 Å². The van der Waals surface area contributed by atoms with Crippen molar-refractivity contribution < 1.29 is 4.42 Å². The Kier molecular flexibility index (Phi) is 6.11. The lowest BCUT2D eigenvalue weighted by molar-refractivity contribution is 0.669. The summed E-state index contributed by atoms with van der Waals surface area (Å²) in [5.74, 6) is 1.29. The molecule has 0 amide bonds. The predicted octanol–water partition coefficient (Wildman–Crippen LogP) is 10.3. The molecule has 0 aliphatic heterocycles. The minimum Gasteiger partial charge on any atom is -0.456 e. The average molecular weight is 615 g/mol. The highest BCUT2D eigenvalue weighted by atomic mass is 16.3. The number of aromatic nitrogens is 4. The van der Waals surface area contributed by atoms with Crippen LogP contribution in [0.25, 0.3) is 88.4 Å². The smallest absolute Gasteiger partial charge is 0.200 e. The summed E-state index contributed by atoms with van der Waals surface area (Å²) >= 11 is 0. The van der Waals surface area contributed by atoms with Gasteiger partial charge < -0.3 is 8.98 Å². The van der Waals surface area contributed by atoms with E-state index in [1.165, 1.54) is 0 Å². The Labute approximate surface area is 274 Å². The standard InChI is InChI=1S/C41H22N6O/c1-43-33-23-35(47-34-18-10-8-16-28(34)30-22-38-31(21-36(30)47)29-17-9-11-19-37(29)48-38)27(24-42)20-32(33)41-45-39(25-12-4-2-5-13-25)44-40(46-41)26-14-6-3-7-15-26/h2-23H. The van der Waals surface area contributed by atoms with Crippen molar-refractivity contribution in [2.24, 2.45) is 0 Å². The van der Waals surface area contributed by atoms with E-state index in [2.05, 4.69) is 39.7 Å². The van der Waals surface area contributed by atoms with Gasteiger partial charge in [-0.25, -0.2) is 19.8 Å². The Hall–Kier alpha value is -7.09. The normalized spacial score (nSPS) is 11.3. The van der Waals surface area contributed by atoms with E-state index in [4.69, 9.17) is 25.9 Å². The molecular weight excluding hydrogens is 592 g/mol. The summed E-state index contributed by atoms with van der Waals surface area (Å²) in [6.45, 7) is 8.27. The minimum absolute atomic E-state index is 0.325. The van der Waals surface area contributed by atoms with Crippen LogP contribution >= 0.6 is 0 Å². The van der Waals surface area contributed by atoms with E-state index in [-0.39, 0.29) is 0 Å². The van der Waals surface area contributed by atoms with Crippen LogP contribution < -0.4 is 0 Å². The molecule has 7 heteroatoms. The van der Waals surface area contributed by atoms with Gasteiger partial charge in [0.25, 0.3) is 0 Å². The highest BCUT2D eigenvalue weighted by Crippen LogP contribution is 2.41. The Morgan fingerprint density at radius 2 is 1.21 bits per heavy atom. The summed E-state index contributed by atoms with van der Waals surface area (Å²) < 4.78 is 8.30. The number of nitrogens with zero attached hydrogens (tertiary/aromatic N) is 6. The third-order valence-electron chi connectivity index (χ3n) is 8.71. The fraction of sp³-hybridized carbons (Fsp3) is 0. The molecule has 222 valence electrons. The van der Waals surface area contributed by atoms with Crippen molar-refractivity contribution in [1.29, 1.82) is 5.26 Å². The molecule has 48 heavy (non-hydrogen) atoms. The van der Waals surface area contributed by atoms with E-state index in [0.29, 0.717) is 40.0 Å². The molecule has 0 N–H and O–H groups in total. The van der Waals surface area contributed by atoms with Crippen LogP contribution in [0.4, 0.5) is 5.69 Å². The monoisotopic (exact) mass is 614 g/mol. The molecule has 0 fully saturated rings. The second kappa shape index (κ2) is 10.8. The SMILES string of the molecule is [C-]#[N+]c1cc(-n2c3ccccc3c3cc4oc5ccccc5c4cc32)c(C#N)cc1-c1nc(-c2ccccc2)nc(-c2ccccc2)n1. The largest absolute Gasteiger partial charge is 0.456 e. The summed E-state index contributed by atoms with van der Waals surface area (Å²) in [5, 5.41) is 14.6. The van der Waals surface area contributed by atoms with Crippen LogP contribution in [0.5, 0.6) is 0 Å². The van der Waals surface area contributed by atoms with Gasteiger partial charge in [0, 0.05) is 38.2 Å². The second-order valence-electron chi connectivity index (χ2n) is 11.5. The van der Waals surface area contributed by atoms with Crippen molar-refractivity contribution in [3.63, 3.8) is 0 Å². The Bertz CT molecular complexity index is 2740. The van der Waals surface area contributed by atoms with Gasteiger partial charge in [-0.15, -0.1) is 0 Å².